The molecule has 3 fully saturated rings. The molecule has 0 aromatic rings. The summed E-state index contributed by atoms with van der Waals surface area (Å²) in [6.07, 6.45) is -2.41. The summed E-state index contributed by atoms with van der Waals surface area (Å²) in [5.74, 6) is -0.133. The fourth-order valence-corrected chi connectivity index (χ4v) is 5.62. The average Bonchev–Trinajstić information content (AvgIpc) is 2.86. The highest BCUT2D eigenvalue weighted by molar-refractivity contribution is 7.87. The first-order chi connectivity index (χ1) is 9.03. The maximum Gasteiger partial charge on any atom is 0.360 e. The normalized spacial score (nSPS) is 42.4. The third-order valence-corrected chi connectivity index (χ3v) is 6.76. The van der Waals surface area contributed by atoms with E-state index in [-0.39, 0.29) is 24.4 Å². The maximum atomic E-state index is 13.8. The zero-order valence-electron chi connectivity index (χ0n) is 11.8. The van der Waals surface area contributed by atoms with Gasteiger partial charge in [-0.25, -0.2) is 0 Å². The summed E-state index contributed by atoms with van der Waals surface area (Å²) < 4.78 is 61.2. The van der Waals surface area contributed by atoms with E-state index in [1.54, 1.807) is 0 Å². The van der Waals surface area contributed by atoms with E-state index in [4.69, 9.17) is 8.92 Å². The van der Waals surface area contributed by atoms with Gasteiger partial charge in [0, 0.05) is 11.8 Å². The van der Waals surface area contributed by atoms with Gasteiger partial charge in [-0.2, -0.15) is 17.2 Å². The molecule has 5 atom stereocenters. The van der Waals surface area contributed by atoms with Crippen molar-refractivity contribution in [3.05, 3.63) is 0 Å². The monoisotopic (exact) mass is 310 g/mol. The minimum absolute atomic E-state index is 0.0261. The molecule has 2 saturated carbocycles. The third-order valence-electron chi connectivity index (χ3n) is 4.98. The first-order valence-corrected chi connectivity index (χ1v) is 8.44. The van der Waals surface area contributed by atoms with Gasteiger partial charge in [-0.15, -0.1) is 0 Å². The van der Waals surface area contributed by atoms with Crippen LogP contribution in [0.25, 0.3) is 0 Å². The number of hydrogen-bond donors (Lipinski definition) is 0. The zero-order chi connectivity index (χ0) is 14.9. The van der Waals surface area contributed by atoms with Crippen molar-refractivity contribution >= 4 is 10.1 Å². The quantitative estimate of drug-likeness (QED) is 0.751. The summed E-state index contributed by atoms with van der Waals surface area (Å²) in [5.41, 5.74) is -1.28. The fourth-order valence-electron chi connectivity index (χ4n) is 3.70. The Morgan fingerprint density at radius 3 is 2.50 bits per heavy atom. The van der Waals surface area contributed by atoms with E-state index in [0.717, 1.165) is 6.42 Å². The van der Waals surface area contributed by atoms with E-state index in [0.29, 0.717) is 6.42 Å². The van der Waals surface area contributed by atoms with Gasteiger partial charge < -0.3 is 4.74 Å². The van der Waals surface area contributed by atoms with Crippen molar-refractivity contribution in [2.24, 2.45) is 23.2 Å². The van der Waals surface area contributed by atoms with Gasteiger partial charge in [-0.1, -0.05) is 20.8 Å². The molecule has 20 heavy (non-hydrogen) atoms. The van der Waals surface area contributed by atoms with Crippen molar-refractivity contribution in [1.29, 1.82) is 0 Å². The molecule has 2 bridgehead atoms. The van der Waals surface area contributed by atoms with Crippen LogP contribution in [0.4, 0.5) is 8.78 Å². The smallest absolute Gasteiger partial charge is 0.320 e. The Kier molecular flexibility index (Phi) is 3.03. The van der Waals surface area contributed by atoms with Gasteiger partial charge in [0.25, 0.3) is 10.1 Å². The number of fused-ring (bicyclic) bond motifs is 1. The molecule has 1 aliphatic heterocycles. The van der Waals surface area contributed by atoms with Crippen LogP contribution in [-0.2, 0) is 19.0 Å². The average molecular weight is 310 g/mol. The molecule has 116 valence electrons. The summed E-state index contributed by atoms with van der Waals surface area (Å²) in [7, 11) is -3.49. The topological polar surface area (TPSA) is 52.6 Å². The third kappa shape index (κ3) is 2.01. The van der Waals surface area contributed by atoms with Gasteiger partial charge in [0.1, 0.15) is 0 Å². The summed E-state index contributed by atoms with van der Waals surface area (Å²) >= 11 is 0. The Labute approximate surface area is 117 Å². The number of halogens is 2. The Bertz CT molecular complexity index is 511. The number of hydrogen-bond acceptors (Lipinski definition) is 4. The molecular formula is C13H20F2O4S. The van der Waals surface area contributed by atoms with E-state index in [9.17, 15) is 17.2 Å². The zero-order valence-corrected chi connectivity index (χ0v) is 12.6. The maximum absolute atomic E-state index is 13.8. The second-order valence-electron chi connectivity index (χ2n) is 7.23. The minimum atomic E-state index is -3.49. The van der Waals surface area contributed by atoms with Crippen LogP contribution in [-0.4, -0.2) is 32.5 Å². The highest BCUT2D eigenvalue weighted by atomic mass is 32.2. The molecule has 1 heterocycles. The van der Waals surface area contributed by atoms with Crippen molar-refractivity contribution in [2.45, 2.75) is 51.1 Å². The van der Waals surface area contributed by atoms with Gasteiger partial charge >= 0.3 is 6.11 Å². The Balaban J connectivity index is 1.70. The van der Waals surface area contributed by atoms with Gasteiger partial charge in [-0.3, -0.25) is 4.18 Å². The van der Waals surface area contributed by atoms with Crippen molar-refractivity contribution in [2.75, 3.05) is 6.61 Å². The fraction of sp³-hybridized carbons (Fsp3) is 1.00. The standard InChI is InChI=1S/C13H20F2O4S/c1-12(2,3)13(14,15)18-6-9-7-4-8-10(5-7)20(16,17)19-11(8)9/h7-11H,4-6H2,1-3H3. The van der Waals surface area contributed by atoms with Crippen LogP contribution < -0.4 is 0 Å². The van der Waals surface area contributed by atoms with Crippen LogP contribution in [0.3, 0.4) is 0 Å². The largest absolute Gasteiger partial charge is 0.360 e. The van der Waals surface area contributed by atoms with Crippen molar-refractivity contribution in [3.8, 4) is 0 Å². The van der Waals surface area contributed by atoms with Gasteiger partial charge in [0.05, 0.1) is 23.4 Å². The van der Waals surface area contributed by atoms with Crippen LogP contribution >= 0.6 is 0 Å². The van der Waals surface area contributed by atoms with E-state index in [2.05, 4.69) is 0 Å². The number of ether oxygens (including phenoxy) is 1. The van der Waals surface area contributed by atoms with Crippen LogP contribution in [0, 0.1) is 23.2 Å². The Morgan fingerprint density at radius 2 is 1.90 bits per heavy atom. The first kappa shape index (κ1) is 14.7. The van der Waals surface area contributed by atoms with E-state index < -0.39 is 33.0 Å². The van der Waals surface area contributed by atoms with Crippen molar-refractivity contribution < 1.29 is 26.1 Å². The Hall–Kier alpha value is -0.270. The Morgan fingerprint density at radius 1 is 1.25 bits per heavy atom. The highest BCUT2D eigenvalue weighted by Crippen LogP contribution is 2.57. The lowest BCUT2D eigenvalue weighted by atomic mass is 9.86. The first-order valence-electron chi connectivity index (χ1n) is 6.97. The lowest BCUT2D eigenvalue weighted by Gasteiger charge is -2.32. The molecule has 0 radical (unpaired) electrons. The molecular weight excluding hydrogens is 290 g/mol. The molecule has 1 saturated heterocycles. The molecule has 5 unspecified atom stereocenters. The summed E-state index contributed by atoms with van der Waals surface area (Å²) in [6.45, 7) is 4.11. The lowest BCUT2D eigenvalue weighted by Crippen LogP contribution is -2.40. The number of rotatable bonds is 3. The van der Waals surface area contributed by atoms with Crippen LogP contribution in [0.2, 0.25) is 0 Å². The SMILES string of the molecule is CC(C)(C)C(F)(F)OCC1C2CC3C1OS(=O)(=O)C3C2. The van der Waals surface area contributed by atoms with Crippen LogP contribution in [0.15, 0.2) is 0 Å². The second kappa shape index (κ2) is 4.14. The molecule has 0 N–H and O–H groups in total. The van der Waals surface area contributed by atoms with Crippen LogP contribution in [0.1, 0.15) is 33.6 Å². The molecule has 2 aliphatic carbocycles. The molecule has 0 amide bonds. The highest BCUT2D eigenvalue weighted by Gasteiger charge is 2.64. The predicted molar refractivity (Wildman–Crippen MR) is 67.6 cm³/mol. The van der Waals surface area contributed by atoms with Gasteiger partial charge in [0.15, 0.2) is 0 Å². The van der Waals surface area contributed by atoms with Crippen LogP contribution in [0.5, 0.6) is 0 Å². The van der Waals surface area contributed by atoms with Crippen molar-refractivity contribution in [3.63, 3.8) is 0 Å². The summed E-state index contributed by atoms with van der Waals surface area (Å²) in [6, 6.07) is 0. The molecule has 3 aliphatic rings. The minimum Gasteiger partial charge on any atom is -0.320 e. The van der Waals surface area contributed by atoms with Gasteiger partial charge in [0.2, 0.25) is 0 Å². The summed E-state index contributed by atoms with van der Waals surface area (Å²) in [4.78, 5) is 0. The molecule has 0 aromatic heterocycles. The molecule has 0 spiro atoms. The van der Waals surface area contributed by atoms with Crippen molar-refractivity contribution in [1.82, 2.24) is 0 Å². The summed E-state index contributed by atoms with van der Waals surface area (Å²) in [5, 5.41) is -0.420. The van der Waals surface area contributed by atoms with E-state index in [1.165, 1.54) is 20.8 Å². The van der Waals surface area contributed by atoms with E-state index in [1.807, 2.05) is 0 Å². The lowest BCUT2D eigenvalue weighted by molar-refractivity contribution is -0.301. The molecule has 4 nitrogen and oxygen atoms in total. The number of alkyl halides is 2. The van der Waals surface area contributed by atoms with Gasteiger partial charge in [-0.05, 0) is 18.8 Å². The predicted octanol–water partition coefficient (Wildman–Crippen LogP) is 2.40. The molecule has 0 aromatic carbocycles. The van der Waals surface area contributed by atoms with E-state index >= 15 is 0 Å². The molecule has 7 heteroatoms. The molecule has 3 rings (SSSR count). The second-order valence-corrected chi connectivity index (χ2v) is 9.01.